The van der Waals surface area contributed by atoms with Crippen LogP contribution in [0.1, 0.15) is 22.7 Å². The van der Waals surface area contributed by atoms with Crippen LogP contribution in [0.2, 0.25) is 5.02 Å². The van der Waals surface area contributed by atoms with E-state index in [4.69, 9.17) is 11.6 Å². The number of thioether (sulfide) groups is 1. The van der Waals surface area contributed by atoms with Crippen molar-refractivity contribution in [2.45, 2.75) is 23.7 Å². The van der Waals surface area contributed by atoms with Crippen molar-refractivity contribution in [1.29, 1.82) is 0 Å². The molecular weight excluding hydrogens is 457 g/mol. The van der Waals surface area contributed by atoms with E-state index in [0.29, 0.717) is 6.54 Å². The smallest absolute Gasteiger partial charge is 0.324 e. The van der Waals surface area contributed by atoms with E-state index in [0.717, 1.165) is 28.2 Å². The normalized spacial score (nSPS) is 12.6. The number of rotatable bonds is 7. The second-order valence-electron chi connectivity index (χ2n) is 7.26. The molecule has 0 aliphatic heterocycles. The number of nitrogens with zero attached hydrogens (tertiary/aromatic N) is 1. The first-order valence-electron chi connectivity index (χ1n) is 9.75. The van der Waals surface area contributed by atoms with Gasteiger partial charge in [-0.2, -0.15) is 13.2 Å². The van der Waals surface area contributed by atoms with Crippen LogP contribution >= 0.6 is 23.4 Å². The Hall–Kier alpha value is -2.48. The second kappa shape index (κ2) is 10.4. The van der Waals surface area contributed by atoms with Gasteiger partial charge in [-0.25, -0.2) is 0 Å². The van der Waals surface area contributed by atoms with E-state index in [-0.39, 0.29) is 5.69 Å². The highest BCUT2D eigenvalue weighted by molar-refractivity contribution is 7.98. The van der Waals surface area contributed by atoms with Crippen molar-refractivity contribution in [3.8, 4) is 0 Å². The maximum absolute atomic E-state index is 13.2. The molecule has 1 amide bonds. The van der Waals surface area contributed by atoms with Gasteiger partial charge < -0.3 is 5.32 Å². The Balaban J connectivity index is 1.86. The minimum atomic E-state index is -4.61. The monoisotopic (exact) mass is 478 g/mol. The summed E-state index contributed by atoms with van der Waals surface area (Å²) in [5, 5.41) is 2.21. The van der Waals surface area contributed by atoms with E-state index in [1.54, 1.807) is 11.8 Å². The molecule has 0 radical (unpaired) electrons. The maximum atomic E-state index is 13.2. The number of halogens is 4. The number of alkyl halides is 3. The zero-order valence-corrected chi connectivity index (χ0v) is 19.1. The molecule has 0 heterocycles. The number of carbonyl (C=O) groups is 1. The zero-order valence-electron chi connectivity index (χ0n) is 17.5. The molecule has 3 aromatic rings. The van der Waals surface area contributed by atoms with Gasteiger partial charge in [-0.3, -0.25) is 9.69 Å². The first kappa shape index (κ1) is 24.2. The average molecular weight is 479 g/mol. The fourth-order valence-corrected chi connectivity index (χ4v) is 4.02. The number of nitrogens with one attached hydrogen (secondary N) is 1. The predicted octanol–water partition coefficient (Wildman–Crippen LogP) is 6.89. The van der Waals surface area contributed by atoms with Crippen LogP contribution in [0, 0.1) is 0 Å². The minimum absolute atomic E-state index is 0.0328. The third-order valence-corrected chi connectivity index (χ3v) is 6.01. The molecule has 0 aliphatic carbocycles. The summed E-state index contributed by atoms with van der Waals surface area (Å²) in [7, 11) is 1.81. The molecule has 3 rings (SSSR count). The van der Waals surface area contributed by atoms with E-state index < -0.39 is 28.7 Å². The van der Waals surface area contributed by atoms with Crippen LogP contribution < -0.4 is 5.32 Å². The van der Waals surface area contributed by atoms with Gasteiger partial charge in [0.2, 0.25) is 5.91 Å². The van der Waals surface area contributed by atoms with Crippen LogP contribution in [0.5, 0.6) is 0 Å². The Bertz CT molecular complexity index is 1060. The Labute approximate surface area is 194 Å². The van der Waals surface area contributed by atoms with Gasteiger partial charge in [0.1, 0.15) is 6.04 Å². The molecule has 168 valence electrons. The van der Waals surface area contributed by atoms with Gasteiger partial charge in [0.25, 0.3) is 0 Å². The van der Waals surface area contributed by atoms with Crippen molar-refractivity contribution in [1.82, 2.24) is 4.90 Å². The molecule has 32 heavy (non-hydrogen) atoms. The van der Waals surface area contributed by atoms with E-state index in [9.17, 15) is 18.0 Å². The van der Waals surface area contributed by atoms with Crippen molar-refractivity contribution < 1.29 is 18.0 Å². The van der Waals surface area contributed by atoms with Crippen LogP contribution in [0.3, 0.4) is 0 Å². The lowest BCUT2D eigenvalue weighted by Crippen LogP contribution is -2.34. The highest BCUT2D eigenvalue weighted by atomic mass is 35.5. The summed E-state index contributed by atoms with van der Waals surface area (Å²) in [5.41, 5.74) is 0.795. The molecule has 3 aromatic carbocycles. The van der Waals surface area contributed by atoms with Gasteiger partial charge >= 0.3 is 6.18 Å². The van der Waals surface area contributed by atoms with Crippen molar-refractivity contribution >= 4 is 35.0 Å². The van der Waals surface area contributed by atoms with Crippen molar-refractivity contribution in [3.63, 3.8) is 0 Å². The molecule has 0 saturated carbocycles. The molecule has 0 saturated heterocycles. The lowest BCUT2D eigenvalue weighted by Gasteiger charge is -2.28. The second-order valence-corrected chi connectivity index (χ2v) is 8.54. The molecule has 0 aromatic heterocycles. The van der Waals surface area contributed by atoms with Crippen molar-refractivity contribution in [2.75, 3.05) is 18.6 Å². The minimum Gasteiger partial charge on any atom is -0.324 e. The summed E-state index contributed by atoms with van der Waals surface area (Å²) < 4.78 is 39.6. The summed E-state index contributed by atoms with van der Waals surface area (Å²) in [6.07, 6.45) is -2.62. The summed E-state index contributed by atoms with van der Waals surface area (Å²) in [6, 6.07) is 19.8. The van der Waals surface area contributed by atoms with E-state index >= 15 is 0 Å². The van der Waals surface area contributed by atoms with E-state index in [1.165, 1.54) is 6.07 Å². The average Bonchev–Trinajstić information content (AvgIpc) is 2.76. The van der Waals surface area contributed by atoms with Gasteiger partial charge in [0, 0.05) is 17.1 Å². The molecule has 0 fully saturated rings. The number of carbonyl (C=O) groups excluding carboxylic acids is 1. The summed E-state index contributed by atoms with van der Waals surface area (Å²) in [5.74, 6) is -0.435. The summed E-state index contributed by atoms with van der Waals surface area (Å²) in [6.45, 7) is 0.482. The fourth-order valence-electron chi connectivity index (χ4n) is 3.38. The number of hydrogen-bond acceptors (Lipinski definition) is 3. The van der Waals surface area contributed by atoms with E-state index in [1.807, 2.05) is 72.8 Å². The summed E-state index contributed by atoms with van der Waals surface area (Å²) in [4.78, 5) is 16.2. The number of hydrogen-bond donors (Lipinski definition) is 1. The predicted molar refractivity (Wildman–Crippen MR) is 124 cm³/mol. The molecule has 3 nitrogen and oxygen atoms in total. The highest BCUT2D eigenvalue weighted by Crippen LogP contribution is 2.36. The Morgan fingerprint density at radius 3 is 2.31 bits per heavy atom. The van der Waals surface area contributed by atoms with Gasteiger partial charge in [0.15, 0.2) is 0 Å². The molecule has 0 aliphatic rings. The van der Waals surface area contributed by atoms with Gasteiger partial charge in [-0.05, 0) is 54.8 Å². The van der Waals surface area contributed by atoms with Gasteiger partial charge in [0.05, 0.1) is 10.6 Å². The first-order chi connectivity index (χ1) is 15.2. The topological polar surface area (TPSA) is 32.3 Å². The van der Waals surface area contributed by atoms with Crippen LogP contribution in [-0.4, -0.2) is 24.1 Å². The fraction of sp³-hybridized carbons (Fsp3) is 0.208. The van der Waals surface area contributed by atoms with Crippen molar-refractivity contribution in [2.24, 2.45) is 0 Å². The Morgan fingerprint density at radius 1 is 1.06 bits per heavy atom. The SMILES string of the molecule is CSc1ccc(CN(C)C(C(=O)Nc2ccc(Cl)c(C(F)(F)F)c2)c2ccccc2)cc1. The Kier molecular flexibility index (Phi) is 7.87. The number of benzene rings is 3. The molecule has 1 atom stereocenters. The first-order valence-corrected chi connectivity index (χ1v) is 11.3. The lowest BCUT2D eigenvalue weighted by atomic mass is 10.0. The van der Waals surface area contributed by atoms with Crippen LogP contribution in [-0.2, 0) is 17.5 Å². The molecular formula is C24H22ClF3N2OS. The number of anilines is 1. The van der Waals surface area contributed by atoms with Gasteiger partial charge in [-0.15, -0.1) is 11.8 Å². The summed E-state index contributed by atoms with van der Waals surface area (Å²) >= 11 is 7.34. The molecule has 0 bridgehead atoms. The molecule has 0 spiro atoms. The highest BCUT2D eigenvalue weighted by Gasteiger charge is 2.34. The number of likely N-dealkylation sites (N-methyl/N-ethyl adjacent to an activating group) is 1. The molecule has 8 heteroatoms. The van der Waals surface area contributed by atoms with Crippen LogP contribution in [0.15, 0.2) is 77.7 Å². The molecule has 1 N–H and O–H groups in total. The molecule has 1 unspecified atom stereocenters. The third kappa shape index (κ3) is 6.06. The van der Waals surface area contributed by atoms with Crippen LogP contribution in [0.25, 0.3) is 0 Å². The third-order valence-electron chi connectivity index (χ3n) is 4.93. The zero-order chi connectivity index (χ0) is 23.3. The number of amides is 1. The van der Waals surface area contributed by atoms with E-state index in [2.05, 4.69) is 5.32 Å². The lowest BCUT2D eigenvalue weighted by molar-refractivity contribution is -0.137. The largest absolute Gasteiger partial charge is 0.417 e. The maximum Gasteiger partial charge on any atom is 0.417 e. The van der Waals surface area contributed by atoms with Gasteiger partial charge in [-0.1, -0.05) is 54.1 Å². The Morgan fingerprint density at radius 2 is 1.72 bits per heavy atom. The quantitative estimate of drug-likeness (QED) is 0.375. The van der Waals surface area contributed by atoms with Crippen LogP contribution in [0.4, 0.5) is 18.9 Å². The standard InChI is InChI=1S/C24H22ClF3N2OS/c1-30(15-16-8-11-19(32-2)12-9-16)22(17-6-4-3-5-7-17)23(31)29-18-10-13-21(25)20(14-18)24(26,27)28/h3-14,22H,15H2,1-2H3,(H,29,31). The van der Waals surface area contributed by atoms with Crippen molar-refractivity contribution in [3.05, 3.63) is 94.5 Å².